The standard InChI is InChI=1S/C24H25N3O7S/c1-31-19-11-14(12-20-22(19)33-9-8-32-20)3-6-21(28)26-16(7-10-35-2)23(29)25-15-4-5-18-17(13-15)27-24(30)34-18/h3-6,11-13,16H,7-10H2,1-2H3,(H,25,29)(H,26,28)(H,27,30). The molecule has 0 spiro atoms. The summed E-state index contributed by atoms with van der Waals surface area (Å²) in [5, 5.41) is 5.54. The quantitative estimate of drug-likeness (QED) is 0.383. The van der Waals surface area contributed by atoms with E-state index in [-0.39, 0.29) is 5.91 Å². The van der Waals surface area contributed by atoms with Crippen molar-refractivity contribution < 1.29 is 28.2 Å². The van der Waals surface area contributed by atoms with Crippen molar-refractivity contribution in [3.8, 4) is 17.2 Å². The largest absolute Gasteiger partial charge is 0.493 e. The minimum absolute atomic E-state index is 0.369. The third-order valence-corrected chi connectivity index (χ3v) is 5.85. The van der Waals surface area contributed by atoms with Gasteiger partial charge in [0.05, 0.1) is 12.6 Å². The Morgan fingerprint density at radius 3 is 2.86 bits per heavy atom. The molecule has 0 fully saturated rings. The third-order valence-electron chi connectivity index (χ3n) is 5.21. The van der Waals surface area contributed by atoms with Crippen LogP contribution in [0.2, 0.25) is 0 Å². The molecule has 0 saturated heterocycles. The minimum Gasteiger partial charge on any atom is -0.493 e. The summed E-state index contributed by atoms with van der Waals surface area (Å²) in [4.78, 5) is 39.5. The van der Waals surface area contributed by atoms with E-state index in [1.165, 1.54) is 13.2 Å². The topological polar surface area (TPSA) is 132 Å². The number of rotatable bonds is 9. The number of thioether (sulfide) groups is 1. The number of hydrogen-bond acceptors (Lipinski definition) is 8. The van der Waals surface area contributed by atoms with Crippen LogP contribution in [-0.2, 0) is 9.59 Å². The van der Waals surface area contributed by atoms with Crippen LogP contribution in [0.5, 0.6) is 17.2 Å². The number of ether oxygens (including phenoxy) is 3. The van der Waals surface area contributed by atoms with Crippen molar-refractivity contribution in [2.75, 3.05) is 37.6 Å². The molecule has 1 unspecified atom stereocenters. The summed E-state index contributed by atoms with van der Waals surface area (Å²) in [6.07, 6.45) is 5.33. The third kappa shape index (κ3) is 5.99. The predicted octanol–water partition coefficient (Wildman–Crippen LogP) is 2.79. The van der Waals surface area contributed by atoms with Crippen LogP contribution in [0.15, 0.2) is 45.6 Å². The Balaban J connectivity index is 1.44. The van der Waals surface area contributed by atoms with E-state index in [1.807, 2.05) is 6.26 Å². The van der Waals surface area contributed by atoms with Gasteiger partial charge in [-0.05, 0) is 60.4 Å². The van der Waals surface area contributed by atoms with E-state index in [9.17, 15) is 14.4 Å². The average Bonchev–Trinajstić information content (AvgIpc) is 3.23. The van der Waals surface area contributed by atoms with Crippen molar-refractivity contribution in [1.29, 1.82) is 0 Å². The molecule has 2 heterocycles. The van der Waals surface area contributed by atoms with Crippen LogP contribution in [0.1, 0.15) is 12.0 Å². The lowest BCUT2D eigenvalue weighted by Crippen LogP contribution is -2.43. The van der Waals surface area contributed by atoms with Gasteiger partial charge in [0.25, 0.3) is 0 Å². The average molecular weight is 500 g/mol. The lowest BCUT2D eigenvalue weighted by molar-refractivity contribution is -0.123. The second kappa shape index (κ2) is 11.0. The van der Waals surface area contributed by atoms with Gasteiger partial charge in [0.15, 0.2) is 17.1 Å². The van der Waals surface area contributed by atoms with E-state index in [4.69, 9.17) is 18.6 Å². The molecule has 2 amide bonds. The highest BCUT2D eigenvalue weighted by atomic mass is 32.2. The molecule has 4 rings (SSSR count). The number of anilines is 1. The summed E-state index contributed by atoms with van der Waals surface area (Å²) in [5.74, 6) is 0.902. The molecule has 2 aromatic carbocycles. The van der Waals surface area contributed by atoms with Crippen LogP contribution in [0.3, 0.4) is 0 Å². The lowest BCUT2D eigenvalue weighted by Gasteiger charge is -2.21. The molecule has 0 bridgehead atoms. The molecule has 35 heavy (non-hydrogen) atoms. The number of methoxy groups -OCH3 is 1. The summed E-state index contributed by atoms with van der Waals surface area (Å²) in [6, 6.07) is 7.55. The van der Waals surface area contributed by atoms with Crippen LogP contribution in [-0.4, -0.2) is 55.2 Å². The molecule has 0 aliphatic carbocycles. The number of aromatic nitrogens is 1. The Hall–Kier alpha value is -3.86. The summed E-state index contributed by atoms with van der Waals surface area (Å²) in [7, 11) is 1.53. The fourth-order valence-corrected chi connectivity index (χ4v) is 4.02. The van der Waals surface area contributed by atoms with E-state index in [1.54, 1.807) is 48.2 Å². The minimum atomic E-state index is -0.756. The van der Waals surface area contributed by atoms with Crippen molar-refractivity contribution in [3.05, 3.63) is 52.5 Å². The first-order valence-corrected chi connectivity index (χ1v) is 12.2. The van der Waals surface area contributed by atoms with E-state index in [2.05, 4.69) is 15.6 Å². The molecule has 1 aliphatic heterocycles. The molecule has 1 aromatic heterocycles. The highest BCUT2D eigenvalue weighted by molar-refractivity contribution is 7.98. The fourth-order valence-electron chi connectivity index (χ4n) is 3.55. The van der Waals surface area contributed by atoms with Gasteiger partial charge in [-0.3, -0.25) is 14.6 Å². The maximum Gasteiger partial charge on any atom is 0.417 e. The molecule has 3 aromatic rings. The van der Waals surface area contributed by atoms with Gasteiger partial charge in [0, 0.05) is 11.8 Å². The molecule has 0 radical (unpaired) electrons. The van der Waals surface area contributed by atoms with Crippen LogP contribution in [0.4, 0.5) is 5.69 Å². The van der Waals surface area contributed by atoms with Gasteiger partial charge in [-0.2, -0.15) is 11.8 Å². The van der Waals surface area contributed by atoms with E-state index in [0.717, 1.165) is 0 Å². The number of aromatic amines is 1. The second-order valence-corrected chi connectivity index (χ2v) is 8.62. The number of amides is 2. The van der Waals surface area contributed by atoms with E-state index < -0.39 is 17.7 Å². The predicted molar refractivity (Wildman–Crippen MR) is 133 cm³/mol. The molecule has 184 valence electrons. The molecular formula is C24H25N3O7S. The van der Waals surface area contributed by atoms with Crippen molar-refractivity contribution in [1.82, 2.24) is 10.3 Å². The van der Waals surface area contributed by atoms with Gasteiger partial charge < -0.3 is 29.3 Å². The molecule has 1 atom stereocenters. The molecule has 0 saturated carbocycles. The van der Waals surface area contributed by atoms with Gasteiger partial charge in [-0.1, -0.05) is 0 Å². The SMILES string of the molecule is COc1cc(C=CC(=O)NC(CCSC)C(=O)Nc2ccc3oc(=O)[nH]c3c2)cc2c1OCCO2. The number of hydrogen-bond donors (Lipinski definition) is 3. The number of H-pyrrole nitrogens is 1. The highest BCUT2D eigenvalue weighted by Gasteiger charge is 2.21. The normalized spacial score (nSPS) is 13.5. The number of benzene rings is 2. The lowest BCUT2D eigenvalue weighted by atomic mass is 10.1. The zero-order valence-electron chi connectivity index (χ0n) is 19.2. The Kier molecular flexibility index (Phi) is 7.66. The molecular weight excluding hydrogens is 474 g/mol. The summed E-state index contributed by atoms with van der Waals surface area (Å²) >= 11 is 1.57. The highest BCUT2D eigenvalue weighted by Crippen LogP contribution is 2.40. The number of carbonyl (C=O) groups excluding carboxylic acids is 2. The second-order valence-electron chi connectivity index (χ2n) is 7.64. The fraction of sp³-hybridized carbons (Fsp3) is 0.292. The van der Waals surface area contributed by atoms with E-state index in [0.29, 0.717) is 65.0 Å². The van der Waals surface area contributed by atoms with E-state index >= 15 is 0 Å². The van der Waals surface area contributed by atoms with Gasteiger partial charge >= 0.3 is 5.76 Å². The number of carbonyl (C=O) groups is 2. The Morgan fingerprint density at radius 1 is 1.23 bits per heavy atom. The first kappa shape index (κ1) is 24.3. The summed E-state index contributed by atoms with van der Waals surface area (Å²) in [6.45, 7) is 0.869. The van der Waals surface area contributed by atoms with Gasteiger partial charge in [-0.25, -0.2) is 4.79 Å². The maximum absolute atomic E-state index is 12.9. The van der Waals surface area contributed by atoms with Crippen molar-refractivity contribution in [2.24, 2.45) is 0 Å². The first-order chi connectivity index (χ1) is 17.0. The summed E-state index contributed by atoms with van der Waals surface area (Å²) < 4.78 is 21.6. The van der Waals surface area contributed by atoms with Gasteiger partial charge in [0.2, 0.25) is 17.6 Å². The van der Waals surface area contributed by atoms with Gasteiger partial charge in [0.1, 0.15) is 19.3 Å². The van der Waals surface area contributed by atoms with Crippen LogP contribution < -0.4 is 30.6 Å². The zero-order chi connectivity index (χ0) is 24.8. The van der Waals surface area contributed by atoms with Crippen molar-refractivity contribution in [2.45, 2.75) is 12.5 Å². The summed E-state index contributed by atoms with van der Waals surface area (Å²) in [5.41, 5.74) is 2.02. The van der Waals surface area contributed by atoms with Crippen LogP contribution in [0, 0.1) is 0 Å². The van der Waals surface area contributed by atoms with Crippen molar-refractivity contribution in [3.63, 3.8) is 0 Å². The zero-order valence-corrected chi connectivity index (χ0v) is 20.0. The van der Waals surface area contributed by atoms with Crippen LogP contribution >= 0.6 is 11.8 Å². The Morgan fingerprint density at radius 2 is 2.06 bits per heavy atom. The van der Waals surface area contributed by atoms with Gasteiger partial charge in [-0.15, -0.1) is 0 Å². The molecule has 1 aliphatic rings. The number of nitrogens with one attached hydrogen (secondary N) is 3. The number of oxazole rings is 1. The molecule has 3 N–H and O–H groups in total. The maximum atomic E-state index is 12.9. The number of fused-ring (bicyclic) bond motifs is 2. The molecule has 10 nitrogen and oxygen atoms in total. The Labute approximate surface area is 205 Å². The van der Waals surface area contributed by atoms with Crippen molar-refractivity contribution >= 4 is 46.4 Å². The smallest absolute Gasteiger partial charge is 0.417 e. The monoisotopic (exact) mass is 499 g/mol. The Bertz CT molecular complexity index is 1300. The van der Waals surface area contributed by atoms with Crippen LogP contribution in [0.25, 0.3) is 17.2 Å². The first-order valence-electron chi connectivity index (χ1n) is 10.9. The molecule has 11 heteroatoms.